The van der Waals surface area contributed by atoms with Crippen molar-refractivity contribution >= 4 is 0 Å². The molecule has 238 valence electrons. The van der Waals surface area contributed by atoms with Crippen molar-refractivity contribution in [3.05, 3.63) is 24.3 Å². The molecule has 2 bridgehead atoms. The molecule has 4 N–H and O–H groups in total. The molecule has 0 radical (unpaired) electrons. The molecule has 2 spiro atoms. The molecule has 0 aromatic heterocycles. The van der Waals surface area contributed by atoms with Crippen LogP contribution in [0.4, 0.5) is 0 Å². The standard InChI is InChI=1S/C34H54O8/c1-19(2)20(3)7-8-21(4)23-9-10-25-31(23,5)13-12-26-32(6)14-11-22(17-33(32)15-16-34(25,26)42-41-33)39-30-29(38)28(37)27(36)24(18-35)40-30/h7-8,15-16,19-30,35-38H,9-14,17-18H2,1-6H3/b8-7+. The summed E-state index contributed by atoms with van der Waals surface area (Å²) in [4.78, 5) is 13.1. The first-order valence-electron chi connectivity index (χ1n) is 16.5. The van der Waals surface area contributed by atoms with E-state index in [2.05, 4.69) is 65.8 Å². The van der Waals surface area contributed by atoms with Crippen LogP contribution in [0, 0.1) is 46.3 Å². The second-order valence-electron chi connectivity index (χ2n) is 15.5. The number of rotatable bonds is 7. The summed E-state index contributed by atoms with van der Waals surface area (Å²) in [7, 11) is 0. The molecule has 3 aliphatic heterocycles. The zero-order chi connectivity index (χ0) is 30.2. The Morgan fingerprint density at radius 3 is 2.31 bits per heavy atom. The van der Waals surface area contributed by atoms with Gasteiger partial charge in [0.05, 0.1) is 12.7 Å². The first kappa shape index (κ1) is 31.2. The van der Waals surface area contributed by atoms with E-state index in [4.69, 9.17) is 19.2 Å². The van der Waals surface area contributed by atoms with Crippen LogP contribution in [0.15, 0.2) is 24.3 Å². The third-order valence-corrected chi connectivity index (χ3v) is 13.3. The van der Waals surface area contributed by atoms with Crippen molar-refractivity contribution in [2.45, 2.75) is 135 Å². The predicted octanol–water partition coefficient (Wildman–Crippen LogP) is 4.30. The Morgan fingerprint density at radius 2 is 1.64 bits per heavy atom. The van der Waals surface area contributed by atoms with E-state index in [1.165, 1.54) is 12.8 Å². The normalized spacial score (nSPS) is 53.2. The van der Waals surface area contributed by atoms with Gasteiger partial charge in [-0.2, -0.15) is 0 Å². The van der Waals surface area contributed by atoms with Crippen LogP contribution >= 0.6 is 0 Å². The smallest absolute Gasteiger partial charge is 0.186 e. The highest BCUT2D eigenvalue weighted by molar-refractivity contribution is 5.33. The van der Waals surface area contributed by atoms with Gasteiger partial charge in [-0.05, 0) is 73.7 Å². The molecule has 0 aromatic rings. The van der Waals surface area contributed by atoms with Crippen LogP contribution in [0.2, 0.25) is 0 Å². The molecule has 8 nitrogen and oxygen atoms in total. The van der Waals surface area contributed by atoms with Gasteiger partial charge < -0.3 is 29.9 Å². The predicted molar refractivity (Wildman–Crippen MR) is 157 cm³/mol. The van der Waals surface area contributed by atoms with Crippen LogP contribution in [0.25, 0.3) is 0 Å². The maximum Gasteiger partial charge on any atom is 0.186 e. The summed E-state index contributed by atoms with van der Waals surface area (Å²) >= 11 is 0. The lowest BCUT2D eigenvalue weighted by Crippen LogP contribution is -2.73. The third kappa shape index (κ3) is 4.45. The minimum Gasteiger partial charge on any atom is -0.394 e. The molecule has 2 saturated heterocycles. The van der Waals surface area contributed by atoms with E-state index in [1.807, 2.05) is 0 Å². The van der Waals surface area contributed by atoms with Gasteiger partial charge in [0.1, 0.15) is 35.6 Å². The maximum atomic E-state index is 10.6. The summed E-state index contributed by atoms with van der Waals surface area (Å²) in [5.41, 5.74) is -0.998. The number of ether oxygens (including phenoxy) is 2. The molecule has 15 unspecified atom stereocenters. The Morgan fingerprint density at radius 1 is 0.881 bits per heavy atom. The fourth-order valence-electron chi connectivity index (χ4n) is 10.2. The Kier molecular flexibility index (Phi) is 8.09. The molecule has 42 heavy (non-hydrogen) atoms. The van der Waals surface area contributed by atoms with Crippen molar-refractivity contribution in [2.75, 3.05) is 6.61 Å². The summed E-state index contributed by atoms with van der Waals surface area (Å²) in [6.45, 7) is 13.7. The summed E-state index contributed by atoms with van der Waals surface area (Å²) in [5, 5.41) is 40.6. The van der Waals surface area contributed by atoms with Crippen LogP contribution in [0.3, 0.4) is 0 Å². The number of aliphatic hydroxyl groups excluding tert-OH is 4. The first-order chi connectivity index (χ1) is 19.8. The second kappa shape index (κ2) is 10.9. The third-order valence-electron chi connectivity index (χ3n) is 13.3. The highest BCUT2D eigenvalue weighted by Gasteiger charge is 2.74. The maximum absolute atomic E-state index is 10.6. The average Bonchev–Trinajstić information content (AvgIpc) is 3.33. The Bertz CT molecular complexity index is 1060. The molecule has 0 amide bonds. The average molecular weight is 591 g/mol. The van der Waals surface area contributed by atoms with E-state index in [-0.39, 0.29) is 16.9 Å². The molecule has 3 heterocycles. The monoisotopic (exact) mass is 590 g/mol. The van der Waals surface area contributed by atoms with Crippen molar-refractivity contribution < 1.29 is 39.7 Å². The highest BCUT2D eigenvalue weighted by Crippen LogP contribution is 2.73. The van der Waals surface area contributed by atoms with Gasteiger partial charge in [0, 0.05) is 23.7 Å². The minimum absolute atomic E-state index is 0.118. The number of hydrogen-bond acceptors (Lipinski definition) is 8. The topological polar surface area (TPSA) is 118 Å². The Labute approximate surface area is 251 Å². The van der Waals surface area contributed by atoms with Gasteiger partial charge >= 0.3 is 0 Å². The van der Waals surface area contributed by atoms with Crippen LogP contribution < -0.4 is 0 Å². The van der Waals surface area contributed by atoms with E-state index in [0.717, 1.165) is 25.7 Å². The van der Waals surface area contributed by atoms with Crippen molar-refractivity contribution in [3.63, 3.8) is 0 Å². The van der Waals surface area contributed by atoms with Gasteiger partial charge in [0.15, 0.2) is 6.29 Å². The van der Waals surface area contributed by atoms with Gasteiger partial charge in [-0.25, -0.2) is 9.78 Å². The number of fused-ring (bicyclic) bond motifs is 2. The van der Waals surface area contributed by atoms with Crippen LogP contribution in [-0.2, 0) is 19.2 Å². The molecular weight excluding hydrogens is 536 g/mol. The molecule has 15 atom stereocenters. The fourth-order valence-corrected chi connectivity index (χ4v) is 10.2. The largest absolute Gasteiger partial charge is 0.394 e. The van der Waals surface area contributed by atoms with Gasteiger partial charge in [-0.1, -0.05) is 59.8 Å². The van der Waals surface area contributed by atoms with E-state index in [0.29, 0.717) is 41.9 Å². The first-order valence-corrected chi connectivity index (χ1v) is 16.5. The Balaban J connectivity index is 1.21. The van der Waals surface area contributed by atoms with Crippen LogP contribution in [0.1, 0.15) is 86.5 Å². The number of hydrogen-bond donors (Lipinski definition) is 4. The lowest BCUT2D eigenvalue weighted by molar-refractivity contribution is -0.499. The van der Waals surface area contributed by atoms with Gasteiger partial charge in [-0.3, -0.25) is 0 Å². The van der Waals surface area contributed by atoms with E-state index < -0.39 is 48.5 Å². The van der Waals surface area contributed by atoms with Crippen molar-refractivity contribution in [1.82, 2.24) is 0 Å². The zero-order valence-electron chi connectivity index (χ0n) is 26.3. The van der Waals surface area contributed by atoms with Crippen LogP contribution in [-0.4, -0.2) is 75.0 Å². The molecule has 3 saturated carbocycles. The van der Waals surface area contributed by atoms with E-state index in [9.17, 15) is 20.4 Å². The molecular formula is C34H54O8. The number of aliphatic hydroxyl groups is 4. The summed E-state index contributed by atoms with van der Waals surface area (Å²) in [5.74, 6) is 3.12. The van der Waals surface area contributed by atoms with Crippen molar-refractivity contribution in [3.8, 4) is 0 Å². The summed E-state index contributed by atoms with van der Waals surface area (Å²) in [6.07, 6.45) is 9.63. The molecule has 7 rings (SSSR count). The van der Waals surface area contributed by atoms with E-state index >= 15 is 0 Å². The second-order valence-corrected chi connectivity index (χ2v) is 15.5. The van der Waals surface area contributed by atoms with E-state index in [1.54, 1.807) is 0 Å². The lowest BCUT2D eigenvalue weighted by atomic mass is 9.42. The quantitative estimate of drug-likeness (QED) is 0.256. The highest BCUT2D eigenvalue weighted by atomic mass is 17.2. The summed E-state index contributed by atoms with van der Waals surface area (Å²) in [6, 6.07) is 0. The summed E-state index contributed by atoms with van der Waals surface area (Å²) < 4.78 is 11.9. The van der Waals surface area contributed by atoms with Crippen molar-refractivity contribution in [1.29, 1.82) is 0 Å². The number of allylic oxidation sites excluding steroid dienone is 2. The van der Waals surface area contributed by atoms with Gasteiger partial charge in [0.25, 0.3) is 0 Å². The molecule has 4 aliphatic carbocycles. The van der Waals surface area contributed by atoms with Gasteiger partial charge in [-0.15, -0.1) is 0 Å². The Hall–Kier alpha value is -0.840. The molecule has 0 aromatic carbocycles. The minimum atomic E-state index is -1.46. The van der Waals surface area contributed by atoms with Crippen LogP contribution in [0.5, 0.6) is 0 Å². The molecule has 7 aliphatic rings. The molecule has 5 fully saturated rings. The van der Waals surface area contributed by atoms with Gasteiger partial charge in [0.2, 0.25) is 0 Å². The fraction of sp³-hybridized carbons (Fsp3) is 0.882. The SMILES string of the molecule is CC(C)C(C)/C=C/C(C)C1CCC2C1(C)CCC1C23C=CC2(CC(OC4OC(CO)C(O)C(O)C4O)CCC12C)OO3. The van der Waals surface area contributed by atoms with Crippen molar-refractivity contribution in [2.24, 2.45) is 46.3 Å². The zero-order valence-corrected chi connectivity index (χ0v) is 26.3. The molecule has 8 heteroatoms. The lowest BCUT2D eigenvalue weighted by Gasteiger charge is -2.69.